The number of fused-ring (bicyclic) bond motifs is 10. The molecule has 10 rings (SSSR count). The fourth-order valence-corrected chi connectivity index (χ4v) is 10.9. The van der Waals surface area contributed by atoms with E-state index in [0.717, 1.165) is 21.9 Å². The number of benzene rings is 6. The molecule has 0 radical (unpaired) electrons. The Hall–Kier alpha value is -4.78. The minimum atomic E-state index is 0.0770. The first-order valence-corrected chi connectivity index (χ1v) is 21.2. The third kappa shape index (κ3) is 6.26. The first kappa shape index (κ1) is 36.8. The van der Waals surface area contributed by atoms with Gasteiger partial charge in [-0.15, -0.1) is 22.7 Å². The van der Waals surface area contributed by atoms with E-state index in [0.29, 0.717) is 5.02 Å². The Balaban J connectivity index is 0.000000146. The zero-order valence-corrected chi connectivity index (χ0v) is 35.6. The van der Waals surface area contributed by atoms with Crippen molar-refractivity contribution in [1.29, 1.82) is 0 Å². The molecule has 3 nitrogen and oxygen atoms in total. The second-order valence-corrected chi connectivity index (χ2v) is 19.8. The number of hydrogen-bond donors (Lipinski definition) is 1. The van der Waals surface area contributed by atoms with Crippen molar-refractivity contribution in [2.45, 2.75) is 59.3 Å². The normalized spacial score (nSPS) is 12.4. The number of halogens is 2. The van der Waals surface area contributed by atoms with E-state index in [1.54, 1.807) is 12.1 Å². The van der Waals surface area contributed by atoms with Crippen LogP contribution in [0.2, 0.25) is 10.0 Å². The van der Waals surface area contributed by atoms with Gasteiger partial charge in [0.25, 0.3) is 0 Å². The molecule has 0 unspecified atom stereocenters. The molecule has 10 aromatic rings. The number of phenols is 1. The number of aromatic nitrogens is 2. The molecule has 7 heteroatoms. The molecule has 0 bridgehead atoms. The van der Waals surface area contributed by atoms with Crippen LogP contribution in [-0.2, 0) is 10.8 Å². The van der Waals surface area contributed by atoms with Crippen molar-refractivity contribution < 1.29 is 5.11 Å². The molecule has 0 atom stereocenters. The van der Waals surface area contributed by atoms with Crippen molar-refractivity contribution in [3.63, 3.8) is 0 Å². The van der Waals surface area contributed by atoms with Crippen LogP contribution in [0.15, 0.2) is 121 Å². The van der Waals surface area contributed by atoms with E-state index in [1.165, 1.54) is 73.6 Å². The molecule has 0 aliphatic carbocycles. The maximum atomic E-state index is 10.2. The molecule has 280 valence electrons. The lowest BCUT2D eigenvalue weighted by Crippen LogP contribution is -2.10. The summed E-state index contributed by atoms with van der Waals surface area (Å²) in [6, 6.07) is 42.3. The number of thiophene rings is 2. The topological polar surface area (TPSA) is 30.1 Å². The fraction of sp³-hybridized carbons (Fsp3) is 0.184. The summed E-state index contributed by atoms with van der Waals surface area (Å²) in [5.41, 5.74) is 10.8. The van der Waals surface area contributed by atoms with Gasteiger partial charge >= 0.3 is 0 Å². The minimum absolute atomic E-state index is 0.0770. The van der Waals surface area contributed by atoms with Gasteiger partial charge in [-0.2, -0.15) is 0 Å². The Kier molecular flexibility index (Phi) is 8.83. The summed E-state index contributed by atoms with van der Waals surface area (Å²) < 4.78 is 9.80. The Morgan fingerprint density at radius 1 is 0.500 bits per heavy atom. The van der Waals surface area contributed by atoms with Gasteiger partial charge in [0.05, 0.1) is 37.2 Å². The highest BCUT2D eigenvalue weighted by molar-refractivity contribution is 7.27. The number of hydrogen-bond acceptors (Lipinski definition) is 3. The number of aryl methyl sites for hydroxylation is 1. The molecule has 0 aliphatic heterocycles. The standard InChI is InChI=1S/C25H22ClNS.C24H20ClNOS/c1-15-11-17(26)14-18(12-15)27-21-10-9-16(25(2,3)4)13-20(21)24-23(27)19-7-5-6-8-22(19)28-24;1-24(2,3)14-8-9-20-19(10-14)23-22(18-6-4-5-7-21(18)28-23)26(20)16-11-15(25)12-17(27)13-16/h5-14H,1-4H3;4-13,27H,1-3H3. The van der Waals surface area contributed by atoms with Gasteiger partial charge in [0.15, 0.2) is 0 Å². The highest BCUT2D eigenvalue weighted by Gasteiger charge is 2.23. The van der Waals surface area contributed by atoms with Crippen LogP contribution in [0.3, 0.4) is 0 Å². The Bertz CT molecular complexity index is 2910. The SMILES string of the molecule is CC(C)(C)c1ccc2c(c1)c1sc3ccccc3c1n2-c1cc(O)cc(Cl)c1.Cc1cc(Cl)cc(-n2c3ccc(C(C)(C)C)cc3c3sc4ccccc4c32)c1. The van der Waals surface area contributed by atoms with Crippen LogP contribution in [0, 0.1) is 6.92 Å². The summed E-state index contributed by atoms with van der Waals surface area (Å²) in [6.07, 6.45) is 0. The predicted molar refractivity (Wildman–Crippen MR) is 246 cm³/mol. The molecular weight excluding hydrogens is 768 g/mol. The summed E-state index contributed by atoms with van der Waals surface area (Å²) in [5.74, 6) is 0.170. The molecule has 0 spiro atoms. The maximum Gasteiger partial charge on any atom is 0.119 e. The van der Waals surface area contributed by atoms with Crippen molar-refractivity contribution >= 4 is 108 Å². The minimum Gasteiger partial charge on any atom is -0.508 e. The van der Waals surface area contributed by atoms with Gasteiger partial charge in [0.1, 0.15) is 5.75 Å². The first-order chi connectivity index (χ1) is 26.7. The van der Waals surface area contributed by atoms with Gasteiger partial charge in [-0.25, -0.2) is 0 Å². The van der Waals surface area contributed by atoms with Crippen LogP contribution in [0.1, 0.15) is 58.2 Å². The number of nitrogens with zero attached hydrogens (tertiary/aromatic N) is 2. The van der Waals surface area contributed by atoms with E-state index in [2.05, 4.69) is 155 Å². The molecule has 4 heterocycles. The Morgan fingerprint density at radius 3 is 1.39 bits per heavy atom. The van der Waals surface area contributed by atoms with E-state index < -0.39 is 0 Å². The molecule has 4 aromatic heterocycles. The molecule has 0 saturated heterocycles. The van der Waals surface area contributed by atoms with Crippen LogP contribution in [0.25, 0.3) is 73.8 Å². The van der Waals surface area contributed by atoms with Crippen molar-refractivity contribution in [1.82, 2.24) is 9.13 Å². The zero-order valence-electron chi connectivity index (χ0n) is 32.5. The Morgan fingerprint density at radius 2 is 0.946 bits per heavy atom. The number of rotatable bonds is 2. The average molecular weight is 810 g/mol. The number of aromatic hydroxyl groups is 1. The Labute approximate surface area is 345 Å². The summed E-state index contributed by atoms with van der Waals surface area (Å²) in [7, 11) is 0. The molecule has 0 amide bonds. The molecule has 56 heavy (non-hydrogen) atoms. The molecule has 0 saturated carbocycles. The van der Waals surface area contributed by atoms with E-state index in [1.807, 2.05) is 34.8 Å². The van der Waals surface area contributed by atoms with Gasteiger partial charge in [-0.3, -0.25) is 0 Å². The average Bonchev–Trinajstić information content (AvgIpc) is 3.86. The molecule has 0 fully saturated rings. The smallest absolute Gasteiger partial charge is 0.119 e. The maximum absolute atomic E-state index is 10.2. The fourth-order valence-electron chi connectivity index (χ4n) is 7.94. The third-order valence-electron chi connectivity index (χ3n) is 10.7. The van der Waals surface area contributed by atoms with Crippen LogP contribution in [0.5, 0.6) is 5.75 Å². The molecule has 0 aliphatic rings. The van der Waals surface area contributed by atoms with E-state index in [4.69, 9.17) is 23.2 Å². The number of phenolic OH excluding ortho intramolecular Hbond substituents is 1. The zero-order chi connectivity index (χ0) is 39.3. The predicted octanol–water partition coefficient (Wildman–Crippen LogP) is 15.9. The van der Waals surface area contributed by atoms with Crippen LogP contribution in [0.4, 0.5) is 0 Å². The van der Waals surface area contributed by atoms with Crippen LogP contribution < -0.4 is 0 Å². The van der Waals surface area contributed by atoms with Crippen molar-refractivity contribution in [3.05, 3.63) is 148 Å². The second kappa shape index (κ2) is 13.4. The van der Waals surface area contributed by atoms with Gasteiger partial charge in [-0.1, -0.05) is 113 Å². The highest BCUT2D eigenvalue weighted by Crippen LogP contribution is 2.45. The van der Waals surface area contributed by atoms with Gasteiger partial charge < -0.3 is 14.2 Å². The van der Waals surface area contributed by atoms with Crippen molar-refractivity contribution in [2.24, 2.45) is 0 Å². The van der Waals surface area contributed by atoms with Crippen molar-refractivity contribution in [2.75, 3.05) is 0 Å². The second-order valence-electron chi connectivity index (χ2n) is 16.8. The van der Waals surface area contributed by atoms with Crippen LogP contribution >= 0.6 is 45.9 Å². The van der Waals surface area contributed by atoms with Gasteiger partial charge in [0.2, 0.25) is 0 Å². The lowest BCUT2D eigenvalue weighted by Gasteiger charge is -2.19. The van der Waals surface area contributed by atoms with E-state index >= 15 is 0 Å². The van der Waals surface area contributed by atoms with E-state index in [-0.39, 0.29) is 16.6 Å². The van der Waals surface area contributed by atoms with E-state index in [9.17, 15) is 5.11 Å². The summed E-state index contributed by atoms with van der Waals surface area (Å²) in [5, 5.41) is 16.5. The van der Waals surface area contributed by atoms with Gasteiger partial charge in [0, 0.05) is 52.7 Å². The lowest BCUT2D eigenvalue weighted by molar-refractivity contribution is 0.475. The monoisotopic (exact) mass is 808 g/mol. The summed E-state index contributed by atoms with van der Waals surface area (Å²) >= 11 is 16.4. The van der Waals surface area contributed by atoms with Gasteiger partial charge in [-0.05, 0) is 101 Å². The first-order valence-electron chi connectivity index (χ1n) is 18.9. The highest BCUT2D eigenvalue weighted by atomic mass is 35.5. The largest absolute Gasteiger partial charge is 0.508 e. The third-order valence-corrected chi connectivity index (χ3v) is 13.5. The molecule has 6 aromatic carbocycles. The quantitative estimate of drug-likeness (QED) is 0.185. The lowest BCUT2D eigenvalue weighted by atomic mass is 9.86. The van der Waals surface area contributed by atoms with Crippen molar-refractivity contribution in [3.8, 4) is 17.1 Å². The van der Waals surface area contributed by atoms with Crippen LogP contribution in [-0.4, -0.2) is 14.2 Å². The molecule has 1 N–H and O–H groups in total. The summed E-state index contributed by atoms with van der Waals surface area (Å²) in [4.78, 5) is 0. The molecular formula is C49H42Cl2N2OS2. The summed E-state index contributed by atoms with van der Waals surface area (Å²) in [6.45, 7) is 15.6.